The van der Waals surface area contributed by atoms with Gasteiger partial charge in [0, 0.05) is 37.2 Å². The van der Waals surface area contributed by atoms with Crippen molar-refractivity contribution < 1.29 is 0 Å². The summed E-state index contributed by atoms with van der Waals surface area (Å²) in [4.78, 5) is 6.86. The topological polar surface area (TPSA) is 39.7 Å². The average Bonchev–Trinajstić information content (AvgIpc) is 3.15. The molecule has 1 aromatic carbocycles. The number of aliphatic imine (C=N–C) groups is 1. The molecule has 25 heavy (non-hydrogen) atoms. The van der Waals surface area contributed by atoms with Crippen molar-refractivity contribution in [3.63, 3.8) is 0 Å². The zero-order valence-electron chi connectivity index (χ0n) is 14.8. The maximum atomic E-state index is 4.39. The highest BCUT2D eigenvalue weighted by Crippen LogP contribution is 2.24. The van der Waals surface area contributed by atoms with E-state index in [0.29, 0.717) is 6.04 Å². The smallest absolute Gasteiger partial charge is 0.191 e. The first-order chi connectivity index (χ1) is 12.2. The van der Waals surface area contributed by atoms with E-state index >= 15 is 0 Å². The number of guanidine groups is 1. The Morgan fingerprint density at radius 2 is 2.12 bits per heavy atom. The maximum absolute atomic E-state index is 4.39. The Labute approximate surface area is 162 Å². The van der Waals surface area contributed by atoms with E-state index in [-0.39, 0.29) is 0 Å². The molecule has 6 heteroatoms. The summed E-state index contributed by atoms with van der Waals surface area (Å²) >= 11 is 5.34. The van der Waals surface area contributed by atoms with Gasteiger partial charge in [-0.2, -0.15) is 0 Å². The summed E-state index contributed by atoms with van der Waals surface area (Å²) in [6.45, 7) is 5.12. The van der Waals surface area contributed by atoms with Crippen LogP contribution in [0.4, 0.5) is 5.00 Å². The monoisotopic (exact) mass is 420 g/mol. The summed E-state index contributed by atoms with van der Waals surface area (Å²) < 4.78 is 1.12. The molecule has 1 fully saturated rings. The highest BCUT2D eigenvalue weighted by molar-refractivity contribution is 9.10. The Morgan fingerprint density at radius 3 is 2.76 bits per heavy atom. The summed E-state index contributed by atoms with van der Waals surface area (Å²) in [6, 6.07) is 11.2. The number of nitrogens with one attached hydrogen (secondary N) is 2. The first-order valence-electron chi connectivity index (χ1n) is 8.66. The van der Waals surface area contributed by atoms with Gasteiger partial charge in [-0.3, -0.25) is 4.99 Å². The van der Waals surface area contributed by atoms with Crippen LogP contribution in [0.25, 0.3) is 0 Å². The van der Waals surface area contributed by atoms with Crippen molar-refractivity contribution in [2.75, 3.05) is 25.0 Å². The molecule has 1 saturated heterocycles. The van der Waals surface area contributed by atoms with Crippen LogP contribution < -0.4 is 15.5 Å². The second kappa shape index (κ2) is 8.72. The minimum Gasteiger partial charge on any atom is -0.363 e. The molecule has 3 rings (SSSR count). The first-order valence-corrected chi connectivity index (χ1v) is 10.3. The van der Waals surface area contributed by atoms with Crippen molar-refractivity contribution in [2.45, 2.75) is 32.4 Å². The van der Waals surface area contributed by atoms with Crippen LogP contribution in [0.15, 0.2) is 45.2 Å². The molecule has 0 saturated carbocycles. The number of rotatable bonds is 4. The third kappa shape index (κ3) is 4.98. The quantitative estimate of drug-likeness (QED) is 0.576. The van der Waals surface area contributed by atoms with E-state index in [1.165, 1.54) is 16.1 Å². The van der Waals surface area contributed by atoms with Gasteiger partial charge in [0.05, 0.1) is 5.00 Å². The molecular weight excluding hydrogens is 396 g/mol. The SMILES string of the molecule is CN=C(NCc1ccc(Br)cc1C)NC1CCN(c2cccs2)CC1. The molecule has 2 aromatic rings. The van der Waals surface area contributed by atoms with Crippen LogP contribution in [0, 0.1) is 6.92 Å². The zero-order valence-corrected chi connectivity index (χ0v) is 17.2. The molecule has 1 aliphatic heterocycles. The van der Waals surface area contributed by atoms with Crippen molar-refractivity contribution in [1.82, 2.24) is 10.6 Å². The van der Waals surface area contributed by atoms with Gasteiger partial charge >= 0.3 is 0 Å². The Kier molecular flexibility index (Phi) is 6.37. The molecule has 0 bridgehead atoms. The molecule has 2 heterocycles. The predicted octanol–water partition coefficient (Wildman–Crippen LogP) is 4.15. The van der Waals surface area contributed by atoms with Gasteiger partial charge in [0.15, 0.2) is 5.96 Å². The Morgan fingerprint density at radius 1 is 1.32 bits per heavy atom. The van der Waals surface area contributed by atoms with Crippen molar-refractivity contribution in [3.05, 3.63) is 51.3 Å². The molecule has 0 radical (unpaired) electrons. The molecule has 1 aliphatic rings. The van der Waals surface area contributed by atoms with Crippen molar-refractivity contribution in [3.8, 4) is 0 Å². The van der Waals surface area contributed by atoms with Gasteiger partial charge in [0.25, 0.3) is 0 Å². The second-order valence-corrected chi connectivity index (χ2v) is 8.20. The summed E-state index contributed by atoms with van der Waals surface area (Å²) in [5.74, 6) is 0.886. The lowest BCUT2D eigenvalue weighted by Crippen LogP contribution is -2.48. The van der Waals surface area contributed by atoms with Gasteiger partial charge in [0.2, 0.25) is 0 Å². The third-order valence-corrected chi connectivity index (χ3v) is 6.05. The largest absolute Gasteiger partial charge is 0.363 e. The fraction of sp³-hybridized carbons (Fsp3) is 0.421. The van der Waals surface area contributed by atoms with Crippen LogP contribution in [0.5, 0.6) is 0 Å². The van der Waals surface area contributed by atoms with E-state index in [4.69, 9.17) is 0 Å². The molecule has 2 N–H and O–H groups in total. The molecule has 0 spiro atoms. The lowest BCUT2D eigenvalue weighted by molar-refractivity contribution is 0.462. The highest BCUT2D eigenvalue weighted by Gasteiger charge is 2.20. The molecule has 0 atom stereocenters. The summed E-state index contributed by atoms with van der Waals surface area (Å²) in [5.41, 5.74) is 2.57. The number of benzene rings is 1. The molecule has 4 nitrogen and oxygen atoms in total. The van der Waals surface area contributed by atoms with E-state index in [9.17, 15) is 0 Å². The molecule has 0 unspecified atom stereocenters. The van der Waals surface area contributed by atoms with Crippen molar-refractivity contribution in [1.29, 1.82) is 0 Å². The van der Waals surface area contributed by atoms with Crippen LogP contribution in [0.1, 0.15) is 24.0 Å². The summed E-state index contributed by atoms with van der Waals surface area (Å²) in [5, 5.41) is 10.6. The Hall–Kier alpha value is -1.53. The van der Waals surface area contributed by atoms with Crippen molar-refractivity contribution in [2.24, 2.45) is 4.99 Å². The number of hydrogen-bond acceptors (Lipinski definition) is 3. The number of nitrogens with zero attached hydrogens (tertiary/aromatic N) is 2. The fourth-order valence-corrected chi connectivity index (χ4v) is 4.38. The number of aryl methyl sites for hydroxylation is 1. The lowest BCUT2D eigenvalue weighted by Gasteiger charge is -2.33. The number of piperidine rings is 1. The van der Waals surface area contributed by atoms with Crippen LogP contribution in [-0.4, -0.2) is 32.1 Å². The number of hydrogen-bond donors (Lipinski definition) is 2. The summed E-state index contributed by atoms with van der Waals surface area (Å²) in [7, 11) is 1.84. The Balaban J connectivity index is 1.48. The highest BCUT2D eigenvalue weighted by atomic mass is 79.9. The van der Waals surface area contributed by atoms with Gasteiger partial charge in [-0.25, -0.2) is 0 Å². The van der Waals surface area contributed by atoms with Gasteiger partial charge in [-0.15, -0.1) is 11.3 Å². The van der Waals surface area contributed by atoms with Crippen LogP contribution in [-0.2, 0) is 6.54 Å². The van der Waals surface area contributed by atoms with Crippen LogP contribution in [0.2, 0.25) is 0 Å². The van der Waals surface area contributed by atoms with Crippen LogP contribution in [0.3, 0.4) is 0 Å². The fourth-order valence-electron chi connectivity index (χ4n) is 3.12. The predicted molar refractivity (Wildman–Crippen MR) is 112 cm³/mol. The van der Waals surface area contributed by atoms with Gasteiger partial charge in [0.1, 0.15) is 0 Å². The van der Waals surface area contributed by atoms with Gasteiger partial charge < -0.3 is 15.5 Å². The van der Waals surface area contributed by atoms with E-state index in [1.807, 2.05) is 18.4 Å². The number of thiophene rings is 1. The first kappa shape index (κ1) is 18.3. The van der Waals surface area contributed by atoms with Crippen molar-refractivity contribution >= 4 is 38.2 Å². The van der Waals surface area contributed by atoms with E-state index < -0.39 is 0 Å². The zero-order chi connectivity index (χ0) is 17.6. The standard InChI is InChI=1S/C19H25BrN4S/c1-14-12-16(20)6-5-15(14)13-22-19(21-2)23-17-7-9-24(10-8-17)18-4-3-11-25-18/h3-6,11-12,17H,7-10,13H2,1-2H3,(H2,21,22,23). The molecule has 0 aliphatic carbocycles. The molecule has 1 aromatic heterocycles. The molecule has 0 amide bonds. The molecular formula is C19H25BrN4S. The minimum atomic E-state index is 0.480. The average molecular weight is 421 g/mol. The molecule has 134 valence electrons. The summed E-state index contributed by atoms with van der Waals surface area (Å²) in [6.07, 6.45) is 2.27. The minimum absolute atomic E-state index is 0.480. The Bertz CT molecular complexity index is 706. The number of halogens is 1. The van der Waals surface area contributed by atoms with Gasteiger partial charge in [-0.05, 0) is 60.5 Å². The van der Waals surface area contributed by atoms with E-state index in [2.05, 4.69) is 79.1 Å². The maximum Gasteiger partial charge on any atom is 0.191 e. The van der Waals surface area contributed by atoms with Crippen LogP contribution >= 0.6 is 27.3 Å². The third-order valence-electron chi connectivity index (χ3n) is 4.63. The van der Waals surface area contributed by atoms with E-state index in [1.54, 1.807) is 0 Å². The number of anilines is 1. The normalized spacial score (nSPS) is 16.1. The van der Waals surface area contributed by atoms with E-state index in [0.717, 1.165) is 42.9 Å². The lowest BCUT2D eigenvalue weighted by atomic mass is 10.1. The second-order valence-electron chi connectivity index (χ2n) is 6.35. The van der Waals surface area contributed by atoms with Gasteiger partial charge in [-0.1, -0.05) is 22.0 Å².